The van der Waals surface area contributed by atoms with E-state index in [1.165, 1.54) is 0 Å². The summed E-state index contributed by atoms with van der Waals surface area (Å²) in [6, 6.07) is -0.182. The van der Waals surface area contributed by atoms with Crippen LogP contribution in [-0.4, -0.2) is 52.2 Å². The van der Waals surface area contributed by atoms with Gasteiger partial charge in [-0.2, -0.15) is 5.10 Å². The zero-order valence-electron chi connectivity index (χ0n) is 11.7. The zero-order chi connectivity index (χ0) is 14.0. The van der Waals surface area contributed by atoms with E-state index in [-0.39, 0.29) is 43.2 Å². The minimum atomic E-state index is -0.182. The SMILES string of the molecule is CC(N)CC(=O)N1CCN(c2cnn(C)c2)C(=O)C1.Cl. The number of amides is 2. The maximum Gasteiger partial charge on any atom is 0.246 e. The van der Waals surface area contributed by atoms with Gasteiger partial charge in [0, 0.05) is 38.8 Å². The highest BCUT2D eigenvalue weighted by molar-refractivity contribution is 5.97. The normalized spacial score (nSPS) is 16.9. The van der Waals surface area contributed by atoms with Crippen LogP contribution in [0, 0.1) is 0 Å². The molecule has 8 heteroatoms. The van der Waals surface area contributed by atoms with Gasteiger partial charge in [0.05, 0.1) is 11.9 Å². The Morgan fingerprint density at radius 1 is 1.50 bits per heavy atom. The first-order chi connectivity index (χ1) is 8.97. The highest BCUT2D eigenvalue weighted by atomic mass is 35.5. The molecule has 1 unspecified atom stereocenters. The number of aryl methyl sites for hydroxylation is 1. The molecule has 1 aromatic heterocycles. The molecule has 2 heterocycles. The van der Waals surface area contributed by atoms with Gasteiger partial charge in [-0.05, 0) is 6.92 Å². The van der Waals surface area contributed by atoms with Crippen LogP contribution in [-0.2, 0) is 16.6 Å². The molecule has 0 aliphatic carbocycles. The van der Waals surface area contributed by atoms with Gasteiger partial charge in [-0.25, -0.2) is 0 Å². The number of aromatic nitrogens is 2. The maximum atomic E-state index is 12.1. The molecule has 1 saturated heterocycles. The first-order valence-electron chi connectivity index (χ1n) is 6.29. The molecule has 0 aromatic carbocycles. The summed E-state index contributed by atoms with van der Waals surface area (Å²) < 4.78 is 1.65. The summed E-state index contributed by atoms with van der Waals surface area (Å²) in [6.45, 7) is 2.92. The van der Waals surface area contributed by atoms with Crippen molar-refractivity contribution in [2.24, 2.45) is 12.8 Å². The fourth-order valence-corrected chi connectivity index (χ4v) is 2.11. The number of hydrogen-bond donors (Lipinski definition) is 1. The van der Waals surface area contributed by atoms with Crippen LogP contribution in [0.2, 0.25) is 0 Å². The van der Waals surface area contributed by atoms with Gasteiger partial charge in [0.2, 0.25) is 11.8 Å². The Balaban J connectivity index is 0.00000200. The average molecular weight is 302 g/mol. The highest BCUT2D eigenvalue weighted by Crippen LogP contribution is 2.16. The molecule has 2 amide bonds. The van der Waals surface area contributed by atoms with Gasteiger partial charge in [-0.15, -0.1) is 12.4 Å². The summed E-state index contributed by atoms with van der Waals surface area (Å²) in [4.78, 5) is 27.2. The van der Waals surface area contributed by atoms with Crippen LogP contribution in [0.5, 0.6) is 0 Å². The van der Waals surface area contributed by atoms with Gasteiger partial charge in [0.15, 0.2) is 0 Å². The average Bonchev–Trinajstić information content (AvgIpc) is 2.74. The van der Waals surface area contributed by atoms with Crippen LogP contribution >= 0.6 is 12.4 Å². The number of rotatable bonds is 3. The van der Waals surface area contributed by atoms with Gasteiger partial charge in [-0.1, -0.05) is 0 Å². The van der Waals surface area contributed by atoms with E-state index >= 15 is 0 Å². The van der Waals surface area contributed by atoms with E-state index in [2.05, 4.69) is 5.10 Å². The lowest BCUT2D eigenvalue weighted by molar-refractivity contribution is -0.137. The number of anilines is 1. The molecule has 1 fully saturated rings. The van der Waals surface area contributed by atoms with Crippen molar-refractivity contribution in [1.82, 2.24) is 14.7 Å². The van der Waals surface area contributed by atoms with E-state index in [9.17, 15) is 9.59 Å². The van der Waals surface area contributed by atoms with E-state index in [0.29, 0.717) is 13.1 Å². The second kappa shape index (κ2) is 6.71. The number of halogens is 1. The first-order valence-corrected chi connectivity index (χ1v) is 6.29. The van der Waals surface area contributed by atoms with Crippen molar-refractivity contribution in [3.8, 4) is 0 Å². The van der Waals surface area contributed by atoms with Crippen LogP contribution in [0.15, 0.2) is 12.4 Å². The smallest absolute Gasteiger partial charge is 0.246 e. The summed E-state index contributed by atoms with van der Waals surface area (Å²) in [7, 11) is 1.80. The van der Waals surface area contributed by atoms with E-state index in [1.807, 2.05) is 0 Å². The predicted octanol–water partition coefficient (Wildman–Crippen LogP) is -0.246. The van der Waals surface area contributed by atoms with Crippen LogP contribution in [0.25, 0.3) is 0 Å². The summed E-state index contributed by atoms with van der Waals surface area (Å²) in [5.41, 5.74) is 6.37. The van der Waals surface area contributed by atoms with Crippen LogP contribution < -0.4 is 10.6 Å². The summed E-state index contributed by atoms with van der Waals surface area (Å²) in [6.07, 6.45) is 3.72. The molecule has 0 spiro atoms. The van der Waals surface area contributed by atoms with Gasteiger partial charge < -0.3 is 15.5 Å². The van der Waals surface area contributed by atoms with Gasteiger partial charge in [0.25, 0.3) is 0 Å². The summed E-state index contributed by atoms with van der Waals surface area (Å²) in [5, 5.41) is 4.05. The Labute approximate surface area is 124 Å². The van der Waals surface area contributed by atoms with Crippen molar-refractivity contribution in [2.45, 2.75) is 19.4 Å². The molecule has 1 aromatic rings. The van der Waals surface area contributed by atoms with Crippen LogP contribution in [0.4, 0.5) is 5.69 Å². The number of carbonyl (C=O) groups is 2. The van der Waals surface area contributed by atoms with Gasteiger partial charge >= 0.3 is 0 Å². The van der Waals surface area contributed by atoms with Crippen molar-refractivity contribution in [2.75, 3.05) is 24.5 Å². The van der Waals surface area contributed by atoms with E-state index < -0.39 is 0 Å². The Kier molecular flexibility index (Phi) is 5.52. The van der Waals surface area contributed by atoms with Crippen molar-refractivity contribution < 1.29 is 9.59 Å². The Morgan fingerprint density at radius 3 is 2.70 bits per heavy atom. The van der Waals surface area contributed by atoms with Crippen molar-refractivity contribution in [3.63, 3.8) is 0 Å². The lowest BCUT2D eigenvalue weighted by Crippen LogP contribution is -2.53. The van der Waals surface area contributed by atoms with Crippen molar-refractivity contribution in [1.29, 1.82) is 0 Å². The van der Waals surface area contributed by atoms with Crippen LogP contribution in [0.1, 0.15) is 13.3 Å². The molecule has 1 atom stereocenters. The third-order valence-electron chi connectivity index (χ3n) is 3.07. The molecule has 7 nitrogen and oxygen atoms in total. The number of nitrogens with two attached hydrogens (primary N) is 1. The molecule has 112 valence electrons. The fraction of sp³-hybridized carbons (Fsp3) is 0.583. The predicted molar refractivity (Wildman–Crippen MR) is 77.7 cm³/mol. The molecular formula is C12H20ClN5O2. The number of carbonyl (C=O) groups excluding carboxylic acids is 2. The third kappa shape index (κ3) is 3.71. The van der Waals surface area contributed by atoms with E-state index in [1.54, 1.807) is 40.8 Å². The Morgan fingerprint density at radius 2 is 2.20 bits per heavy atom. The van der Waals surface area contributed by atoms with E-state index in [4.69, 9.17) is 5.73 Å². The standard InChI is InChI=1S/C12H19N5O2.ClH/c1-9(13)5-11(18)16-3-4-17(12(19)8-16)10-6-14-15(2)7-10;/h6-7,9H,3-5,8,13H2,1-2H3;1H. The lowest BCUT2D eigenvalue weighted by Gasteiger charge is -2.33. The number of nitrogens with zero attached hydrogens (tertiary/aromatic N) is 4. The molecule has 20 heavy (non-hydrogen) atoms. The zero-order valence-corrected chi connectivity index (χ0v) is 12.5. The molecule has 0 radical (unpaired) electrons. The molecule has 1 aliphatic rings. The summed E-state index contributed by atoms with van der Waals surface area (Å²) >= 11 is 0. The topological polar surface area (TPSA) is 84.5 Å². The molecule has 0 saturated carbocycles. The van der Waals surface area contributed by atoms with Crippen molar-refractivity contribution >= 4 is 29.9 Å². The molecule has 2 N–H and O–H groups in total. The quantitative estimate of drug-likeness (QED) is 0.835. The maximum absolute atomic E-state index is 12.1. The Hall–Kier alpha value is -1.60. The lowest BCUT2D eigenvalue weighted by atomic mass is 10.2. The fourth-order valence-electron chi connectivity index (χ4n) is 2.11. The second-order valence-corrected chi connectivity index (χ2v) is 4.91. The molecular weight excluding hydrogens is 282 g/mol. The molecule has 0 bridgehead atoms. The van der Waals surface area contributed by atoms with Crippen LogP contribution in [0.3, 0.4) is 0 Å². The van der Waals surface area contributed by atoms with E-state index in [0.717, 1.165) is 5.69 Å². The highest BCUT2D eigenvalue weighted by Gasteiger charge is 2.28. The number of piperazine rings is 1. The Bertz CT molecular complexity index is 488. The monoisotopic (exact) mass is 301 g/mol. The third-order valence-corrected chi connectivity index (χ3v) is 3.07. The molecule has 1 aliphatic heterocycles. The van der Waals surface area contributed by atoms with Crippen molar-refractivity contribution in [3.05, 3.63) is 12.4 Å². The largest absolute Gasteiger partial charge is 0.332 e. The number of hydrogen-bond acceptors (Lipinski definition) is 4. The molecule has 2 rings (SSSR count). The van der Waals surface area contributed by atoms with Gasteiger partial charge in [0.1, 0.15) is 6.54 Å². The minimum Gasteiger partial charge on any atom is -0.332 e. The first kappa shape index (κ1) is 16.5. The van der Waals surface area contributed by atoms with Gasteiger partial charge in [-0.3, -0.25) is 14.3 Å². The minimum absolute atomic E-state index is 0. The second-order valence-electron chi connectivity index (χ2n) is 4.91. The summed E-state index contributed by atoms with van der Waals surface area (Å²) in [5.74, 6) is -0.147.